The first-order chi connectivity index (χ1) is 9.44. The van der Waals surface area contributed by atoms with Gasteiger partial charge in [-0.2, -0.15) is 0 Å². The molecule has 20 heavy (non-hydrogen) atoms. The average Bonchev–Trinajstić information content (AvgIpc) is 2.46. The van der Waals surface area contributed by atoms with Gasteiger partial charge in [0.05, 0.1) is 0 Å². The zero-order chi connectivity index (χ0) is 15.0. The molecule has 0 amide bonds. The second kappa shape index (κ2) is 8.29. The highest BCUT2D eigenvalue weighted by Crippen LogP contribution is 2.24. The molecule has 0 heterocycles. The Kier molecular flexibility index (Phi) is 7.05. The van der Waals surface area contributed by atoms with Crippen LogP contribution in [0, 0.1) is 0 Å². The lowest BCUT2D eigenvalue weighted by Crippen LogP contribution is -2.20. The van der Waals surface area contributed by atoms with Crippen molar-refractivity contribution in [1.29, 1.82) is 0 Å². The van der Waals surface area contributed by atoms with Crippen LogP contribution in [0.5, 0.6) is 0 Å². The van der Waals surface area contributed by atoms with Crippen molar-refractivity contribution in [3.63, 3.8) is 0 Å². The van der Waals surface area contributed by atoms with Crippen LogP contribution in [0.15, 0.2) is 30.3 Å². The highest BCUT2D eigenvalue weighted by atomic mass is 32.2. The molecule has 0 aromatic heterocycles. The van der Waals surface area contributed by atoms with Crippen LogP contribution in [0.1, 0.15) is 29.6 Å². The van der Waals surface area contributed by atoms with E-state index in [9.17, 15) is 22.4 Å². The second-order valence-electron chi connectivity index (χ2n) is 4.42. The molecule has 1 unspecified atom stereocenters. The normalized spacial score (nSPS) is 13.2. The Balaban J connectivity index is 2.22. The third-order valence-corrected chi connectivity index (χ3v) is 3.63. The average molecular weight is 308 g/mol. The number of benzene rings is 1. The Hall–Kier alpha value is -1.04. The minimum absolute atomic E-state index is 0.00556. The van der Waals surface area contributed by atoms with Crippen LogP contribution in [0.2, 0.25) is 0 Å². The molecule has 0 aliphatic rings. The summed E-state index contributed by atoms with van der Waals surface area (Å²) in [7, 11) is 0. The summed E-state index contributed by atoms with van der Waals surface area (Å²) in [5.74, 6) is -3.23. The van der Waals surface area contributed by atoms with Gasteiger partial charge < -0.3 is 0 Å². The van der Waals surface area contributed by atoms with Crippen molar-refractivity contribution < 1.29 is 22.4 Å². The fourth-order valence-corrected chi connectivity index (χ4v) is 2.38. The Morgan fingerprint density at radius 3 is 2.45 bits per heavy atom. The van der Waals surface area contributed by atoms with E-state index < -0.39 is 31.6 Å². The van der Waals surface area contributed by atoms with Gasteiger partial charge in [0, 0.05) is 17.7 Å². The minimum atomic E-state index is -3.45. The van der Waals surface area contributed by atoms with E-state index in [1.165, 1.54) is 0 Å². The fourth-order valence-electron chi connectivity index (χ4n) is 1.52. The van der Waals surface area contributed by atoms with Crippen molar-refractivity contribution in [1.82, 2.24) is 0 Å². The summed E-state index contributed by atoms with van der Waals surface area (Å²) in [4.78, 5) is 11.7. The van der Waals surface area contributed by atoms with E-state index in [2.05, 4.69) is 0 Å². The molecule has 112 valence electrons. The van der Waals surface area contributed by atoms with E-state index in [4.69, 9.17) is 0 Å². The third kappa shape index (κ3) is 6.41. The van der Waals surface area contributed by atoms with E-state index in [1.54, 1.807) is 30.3 Å². The second-order valence-corrected chi connectivity index (χ2v) is 5.48. The van der Waals surface area contributed by atoms with Crippen LogP contribution < -0.4 is 0 Å². The Morgan fingerprint density at radius 1 is 1.20 bits per heavy atom. The molecule has 0 saturated heterocycles. The standard InChI is InChI=1S/C14H16F4OS/c15-10-14(17,18)8-6-12(16)7-9-20-13(19)11-4-2-1-3-5-11/h1-5,12H,6-10H2. The third-order valence-electron chi connectivity index (χ3n) is 2.69. The Labute approximate surface area is 119 Å². The SMILES string of the molecule is O=C(SCCC(F)CCC(F)(F)CF)c1ccccc1. The molecule has 0 fully saturated rings. The van der Waals surface area contributed by atoms with Gasteiger partial charge in [0.2, 0.25) is 5.12 Å². The van der Waals surface area contributed by atoms with Gasteiger partial charge in [0.25, 0.3) is 5.92 Å². The maximum atomic E-state index is 13.3. The molecule has 0 N–H and O–H groups in total. The molecule has 1 aromatic rings. The van der Waals surface area contributed by atoms with Crippen LogP contribution in [0.4, 0.5) is 17.6 Å². The molecule has 6 heteroatoms. The summed E-state index contributed by atoms with van der Waals surface area (Å²) >= 11 is 0.956. The molecular formula is C14H16F4OS. The highest BCUT2D eigenvalue weighted by Gasteiger charge is 2.29. The molecule has 0 aliphatic carbocycles. The van der Waals surface area contributed by atoms with E-state index in [1.807, 2.05) is 0 Å². The van der Waals surface area contributed by atoms with Crippen LogP contribution in [0.25, 0.3) is 0 Å². The van der Waals surface area contributed by atoms with Crippen LogP contribution in [0.3, 0.4) is 0 Å². The summed E-state index contributed by atoms with van der Waals surface area (Å²) in [6.07, 6.45) is -2.63. The van der Waals surface area contributed by atoms with Gasteiger partial charge in [-0.15, -0.1) is 0 Å². The van der Waals surface area contributed by atoms with Crippen LogP contribution in [-0.4, -0.2) is 29.6 Å². The maximum Gasteiger partial charge on any atom is 0.276 e. The predicted octanol–water partition coefficient (Wildman–Crippen LogP) is 4.67. The number of thioether (sulfide) groups is 1. The zero-order valence-electron chi connectivity index (χ0n) is 10.8. The van der Waals surface area contributed by atoms with Crippen molar-refractivity contribution >= 4 is 16.9 Å². The van der Waals surface area contributed by atoms with Gasteiger partial charge in [-0.3, -0.25) is 4.79 Å². The fraction of sp³-hybridized carbons (Fsp3) is 0.500. The molecule has 1 rings (SSSR count). The summed E-state index contributed by atoms with van der Waals surface area (Å²) in [6.45, 7) is -1.76. The number of rotatable bonds is 8. The van der Waals surface area contributed by atoms with Gasteiger partial charge in [-0.1, -0.05) is 42.1 Å². The first kappa shape index (κ1) is 17.0. The predicted molar refractivity (Wildman–Crippen MR) is 72.9 cm³/mol. The molecule has 1 nitrogen and oxygen atoms in total. The Morgan fingerprint density at radius 2 is 1.85 bits per heavy atom. The molecular weight excluding hydrogens is 292 g/mol. The molecule has 0 saturated carbocycles. The number of carbonyl (C=O) groups excluding carboxylic acids is 1. The minimum Gasteiger partial charge on any atom is -0.282 e. The van der Waals surface area contributed by atoms with Gasteiger partial charge in [-0.05, 0) is 12.8 Å². The van der Waals surface area contributed by atoms with Crippen molar-refractivity contribution in [2.24, 2.45) is 0 Å². The first-order valence-corrected chi connectivity index (χ1v) is 7.23. The molecule has 1 atom stereocenters. The van der Waals surface area contributed by atoms with Gasteiger partial charge in [0.15, 0.2) is 6.67 Å². The van der Waals surface area contributed by atoms with Crippen molar-refractivity contribution in [3.8, 4) is 0 Å². The van der Waals surface area contributed by atoms with E-state index in [-0.39, 0.29) is 17.3 Å². The number of hydrogen-bond donors (Lipinski definition) is 0. The monoisotopic (exact) mass is 308 g/mol. The van der Waals surface area contributed by atoms with Gasteiger partial charge in [-0.25, -0.2) is 17.6 Å². The number of hydrogen-bond acceptors (Lipinski definition) is 2. The molecule has 0 spiro atoms. The van der Waals surface area contributed by atoms with E-state index in [0.717, 1.165) is 11.8 Å². The molecule has 0 bridgehead atoms. The zero-order valence-corrected chi connectivity index (χ0v) is 11.6. The lowest BCUT2D eigenvalue weighted by Gasteiger charge is -2.13. The van der Waals surface area contributed by atoms with E-state index in [0.29, 0.717) is 5.56 Å². The molecule has 0 aliphatic heterocycles. The van der Waals surface area contributed by atoms with Gasteiger partial charge >= 0.3 is 0 Å². The first-order valence-electron chi connectivity index (χ1n) is 6.24. The highest BCUT2D eigenvalue weighted by molar-refractivity contribution is 8.14. The summed E-state index contributed by atoms with van der Waals surface area (Å²) in [5, 5.41) is -0.174. The Bertz CT molecular complexity index is 411. The number of halogens is 4. The molecule has 0 radical (unpaired) electrons. The van der Waals surface area contributed by atoms with E-state index >= 15 is 0 Å². The summed E-state index contributed by atoms with van der Waals surface area (Å²) in [5.41, 5.74) is 0.525. The summed E-state index contributed by atoms with van der Waals surface area (Å²) in [6, 6.07) is 8.55. The number of carbonyl (C=O) groups is 1. The quantitative estimate of drug-likeness (QED) is 0.649. The molecule has 1 aromatic carbocycles. The topological polar surface area (TPSA) is 17.1 Å². The van der Waals surface area contributed by atoms with Crippen molar-refractivity contribution in [2.45, 2.75) is 31.4 Å². The maximum absolute atomic E-state index is 13.3. The summed E-state index contributed by atoms with van der Waals surface area (Å²) < 4.78 is 50.4. The van der Waals surface area contributed by atoms with Gasteiger partial charge in [0.1, 0.15) is 6.17 Å². The van der Waals surface area contributed by atoms with Crippen molar-refractivity contribution in [2.75, 3.05) is 12.4 Å². The van der Waals surface area contributed by atoms with Crippen LogP contribution >= 0.6 is 11.8 Å². The smallest absolute Gasteiger partial charge is 0.276 e. The number of alkyl halides is 4. The lowest BCUT2D eigenvalue weighted by molar-refractivity contribution is -0.0362. The van der Waals surface area contributed by atoms with Crippen molar-refractivity contribution in [3.05, 3.63) is 35.9 Å². The largest absolute Gasteiger partial charge is 0.282 e. The van der Waals surface area contributed by atoms with Crippen LogP contribution in [-0.2, 0) is 0 Å². The lowest BCUT2D eigenvalue weighted by atomic mass is 10.1.